The molecule has 2 rings (SSSR count). The molecule has 0 bridgehead atoms. The summed E-state index contributed by atoms with van der Waals surface area (Å²) < 4.78 is 35.9. The molecule has 0 aromatic heterocycles. The molecule has 21 heavy (non-hydrogen) atoms. The van der Waals surface area contributed by atoms with Gasteiger partial charge in [0, 0.05) is 23.3 Å². The number of carbonyl (C=O) groups excluding carboxylic acids is 1. The van der Waals surface area contributed by atoms with Crippen LogP contribution in [-0.4, -0.2) is 20.5 Å². The highest BCUT2D eigenvalue weighted by Crippen LogP contribution is 2.20. The van der Waals surface area contributed by atoms with E-state index in [1.54, 1.807) is 0 Å². The first-order chi connectivity index (χ1) is 9.77. The van der Waals surface area contributed by atoms with E-state index in [1.807, 2.05) is 0 Å². The number of halogens is 2. The van der Waals surface area contributed by atoms with Crippen molar-refractivity contribution in [3.63, 3.8) is 0 Å². The first-order valence-electron chi connectivity index (χ1n) is 6.04. The topological polar surface area (TPSA) is 51.2 Å². The van der Waals surface area contributed by atoms with E-state index >= 15 is 0 Å². The summed E-state index contributed by atoms with van der Waals surface area (Å²) >= 11 is 5.88. The second-order valence-corrected chi connectivity index (χ2v) is 7.06. The Morgan fingerprint density at radius 2 is 1.90 bits per heavy atom. The Labute approximate surface area is 127 Å². The van der Waals surface area contributed by atoms with Crippen molar-refractivity contribution < 1.29 is 17.6 Å². The Morgan fingerprint density at radius 3 is 2.52 bits per heavy atom. The molecule has 0 aliphatic heterocycles. The summed E-state index contributed by atoms with van der Waals surface area (Å²) in [5, 5.41) is 0.169. The highest BCUT2D eigenvalue weighted by Gasteiger charge is 2.13. The average molecular weight is 327 g/mol. The number of carbonyl (C=O) groups is 1. The number of benzene rings is 2. The monoisotopic (exact) mass is 326 g/mol. The summed E-state index contributed by atoms with van der Waals surface area (Å²) in [6, 6.07) is 9.60. The van der Waals surface area contributed by atoms with Gasteiger partial charge in [0.05, 0.1) is 4.90 Å². The maximum Gasteiger partial charge on any atom is 0.175 e. The summed E-state index contributed by atoms with van der Waals surface area (Å²) in [5.41, 5.74) is 0.770. The highest BCUT2D eigenvalue weighted by molar-refractivity contribution is 7.90. The van der Waals surface area contributed by atoms with Crippen LogP contribution in [-0.2, 0) is 16.3 Å². The summed E-state index contributed by atoms with van der Waals surface area (Å²) in [4.78, 5) is 12.3. The number of hydrogen-bond acceptors (Lipinski definition) is 3. The minimum atomic E-state index is -3.37. The summed E-state index contributed by atoms with van der Waals surface area (Å²) in [6.45, 7) is 0. The van der Waals surface area contributed by atoms with Gasteiger partial charge in [-0.25, -0.2) is 12.8 Å². The quantitative estimate of drug-likeness (QED) is 0.810. The molecule has 0 heterocycles. The molecule has 3 nitrogen and oxygen atoms in total. The van der Waals surface area contributed by atoms with E-state index in [0.29, 0.717) is 5.56 Å². The van der Waals surface area contributed by atoms with Gasteiger partial charge < -0.3 is 0 Å². The van der Waals surface area contributed by atoms with Gasteiger partial charge in [0.1, 0.15) is 5.82 Å². The minimum Gasteiger partial charge on any atom is -0.294 e. The molecule has 0 atom stereocenters. The molecular weight excluding hydrogens is 315 g/mol. The normalized spacial score (nSPS) is 11.4. The SMILES string of the molecule is CS(=O)(=O)c1cccc(C(=O)Cc2ccc(F)cc2Cl)c1. The van der Waals surface area contributed by atoms with Gasteiger partial charge in [-0.15, -0.1) is 0 Å². The van der Waals surface area contributed by atoms with E-state index in [9.17, 15) is 17.6 Å². The standard InChI is InChI=1S/C15H12ClFO3S/c1-21(19,20)13-4-2-3-11(7-13)15(18)8-10-5-6-12(17)9-14(10)16/h2-7,9H,8H2,1H3. The summed E-state index contributed by atoms with van der Waals surface area (Å²) in [7, 11) is -3.37. The van der Waals surface area contributed by atoms with Crippen LogP contribution >= 0.6 is 11.6 Å². The van der Waals surface area contributed by atoms with Gasteiger partial charge in [0.25, 0.3) is 0 Å². The van der Waals surface area contributed by atoms with Crippen LogP contribution < -0.4 is 0 Å². The molecule has 2 aromatic carbocycles. The van der Waals surface area contributed by atoms with Crippen molar-refractivity contribution in [3.8, 4) is 0 Å². The van der Waals surface area contributed by atoms with Gasteiger partial charge in [0.2, 0.25) is 0 Å². The van der Waals surface area contributed by atoms with Crippen LogP contribution in [0.3, 0.4) is 0 Å². The fourth-order valence-electron chi connectivity index (χ4n) is 1.84. The second kappa shape index (κ2) is 5.95. The molecule has 110 valence electrons. The van der Waals surface area contributed by atoms with Gasteiger partial charge in [-0.05, 0) is 29.8 Å². The van der Waals surface area contributed by atoms with Crippen molar-refractivity contribution in [2.45, 2.75) is 11.3 Å². The highest BCUT2D eigenvalue weighted by atomic mass is 35.5. The van der Waals surface area contributed by atoms with E-state index in [1.165, 1.54) is 36.4 Å². The lowest BCUT2D eigenvalue weighted by Crippen LogP contribution is -2.06. The third-order valence-corrected chi connectivity index (χ3v) is 4.41. The van der Waals surface area contributed by atoms with Gasteiger partial charge in [0.15, 0.2) is 15.6 Å². The maximum atomic E-state index is 13.0. The lowest BCUT2D eigenvalue weighted by Gasteiger charge is -2.05. The van der Waals surface area contributed by atoms with E-state index in [2.05, 4.69) is 0 Å². The molecule has 0 fully saturated rings. The Hall–Kier alpha value is -1.72. The van der Waals surface area contributed by atoms with Crippen molar-refractivity contribution in [2.24, 2.45) is 0 Å². The average Bonchev–Trinajstić information content (AvgIpc) is 2.41. The molecule has 0 amide bonds. The van der Waals surface area contributed by atoms with Crippen LogP contribution in [0.15, 0.2) is 47.4 Å². The molecule has 0 aliphatic carbocycles. The van der Waals surface area contributed by atoms with Crippen molar-refractivity contribution in [1.82, 2.24) is 0 Å². The molecule has 0 radical (unpaired) electrons. The van der Waals surface area contributed by atoms with E-state index in [0.717, 1.165) is 12.3 Å². The summed E-state index contributed by atoms with van der Waals surface area (Å²) in [5.74, 6) is -0.760. The van der Waals surface area contributed by atoms with Gasteiger partial charge >= 0.3 is 0 Å². The fourth-order valence-corrected chi connectivity index (χ4v) is 2.74. The predicted molar refractivity (Wildman–Crippen MR) is 79.0 cm³/mol. The zero-order valence-electron chi connectivity index (χ0n) is 11.1. The fraction of sp³-hybridized carbons (Fsp3) is 0.133. The van der Waals surface area contributed by atoms with Crippen molar-refractivity contribution >= 4 is 27.2 Å². The predicted octanol–water partition coefficient (Wildman–Crippen LogP) is 3.31. The molecule has 0 aliphatic rings. The first-order valence-corrected chi connectivity index (χ1v) is 8.31. The number of rotatable bonds is 4. The van der Waals surface area contributed by atoms with Gasteiger partial charge in [-0.2, -0.15) is 0 Å². The van der Waals surface area contributed by atoms with E-state index < -0.39 is 15.7 Å². The van der Waals surface area contributed by atoms with Crippen LogP contribution in [0.25, 0.3) is 0 Å². The van der Waals surface area contributed by atoms with Crippen LogP contribution in [0.1, 0.15) is 15.9 Å². The Bertz CT molecular complexity index is 800. The zero-order chi connectivity index (χ0) is 15.6. The molecule has 0 saturated carbocycles. The number of hydrogen-bond donors (Lipinski definition) is 0. The first kappa shape index (κ1) is 15.7. The van der Waals surface area contributed by atoms with Crippen molar-refractivity contribution in [2.75, 3.05) is 6.26 Å². The molecule has 2 aromatic rings. The van der Waals surface area contributed by atoms with E-state index in [4.69, 9.17) is 11.6 Å². The lowest BCUT2D eigenvalue weighted by molar-refractivity contribution is 0.0992. The van der Waals surface area contributed by atoms with Crippen LogP contribution in [0.4, 0.5) is 4.39 Å². The van der Waals surface area contributed by atoms with Crippen LogP contribution in [0.2, 0.25) is 5.02 Å². The lowest BCUT2D eigenvalue weighted by atomic mass is 10.0. The molecule has 0 N–H and O–H groups in total. The molecular formula is C15H12ClFO3S. The van der Waals surface area contributed by atoms with Crippen LogP contribution in [0.5, 0.6) is 0 Å². The number of Topliss-reactive ketones (excluding diaryl/α,β-unsaturated/α-hetero) is 1. The maximum absolute atomic E-state index is 13.0. The molecule has 0 unspecified atom stereocenters. The largest absolute Gasteiger partial charge is 0.294 e. The smallest absolute Gasteiger partial charge is 0.175 e. The molecule has 0 spiro atoms. The Kier molecular flexibility index (Phi) is 4.44. The second-order valence-electron chi connectivity index (χ2n) is 4.64. The number of ketones is 1. The zero-order valence-corrected chi connectivity index (χ0v) is 12.7. The van der Waals surface area contributed by atoms with Crippen molar-refractivity contribution in [3.05, 3.63) is 64.4 Å². The minimum absolute atomic E-state index is 0.0215. The summed E-state index contributed by atoms with van der Waals surface area (Å²) in [6.07, 6.45) is 1.06. The molecule has 0 saturated heterocycles. The van der Waals surface area contributed by atoms with Crippen molar-refractivity contribution in [1.29, 1.82) is 0 Å². The van der Waals surface area contributed by atoms with Gasteiger partial charge in [-0.3, -0.25) is 4.79 Å². The Balaban J connectivity index is 2.29. The Morgan fingerprint density at radius 1 is 1.19 bits per heavy atom. The third kappa shape index (κ3) is 3.89. The third-order valence-electron chi connectivity index (χ3n) is 2.95. The number of sulfone groups is 1. The molecule has 6 heteroatoms. The van der Waals surface area contributed by atoms with E-state index in [-0.39, 0.29) is 27.7 Å². The van der Waals surface area contributed by atoms with Crippen LogP contribution in [0, 0.1) is 5.82 Å². The van der Waals surface area contributed by atoms with Gasteiger partial charge in [-0.1, -0.05) is 29.8 Å².